The average Bonchev–Trinajstić information content (AvgIpc) is 2.87. The Hall–Kier alpha value is -2.44. The number of nitrogens with one attached hydrogen (secondary N) is 2. The monoisotopic (exact) mass is 275 g/mol. The van der Waals surface area contributed by atoms with E-state index in [0.29, 0.717) is 11.7 Å². The maximum atomic E-state index is 5.46. The molecule has 2 aliphatic heterocycles. The minimum absolute atomic E-state index is 0.134. The van der Waals surface area contributed by atoms with Crippen LogP contribution in [0.2, 0.25) is 0 Å². The summed E-state index contributed by atoms with van der Waals surface area (Å²) in [5.74, 6) is 2.85. The summed E-state index contributed by atoms with van der Waals surface area (Å²) in [4.78, 5) is 10.7. The number of aliphatic imine (C=N–C) groups is 2. The van der Waals surface area contributed by atoms with Gasteiger partial charge in [0.2, 0.25) is 18.7 Å². The highest BCUT2D eigenvalue weighted by atomic mass is 16.7. The second-order valence-electron chi connectivity index (χ2n) is 4.75. The number of anilines is 1. The van der Waals surface area contributed by atoms with Gasteiger partial charge in [0.1, 0.15) is 6.17 Å². The van der Waals surface area contributed by atoms with E-state index in [-0.39, 0.29) is 13.0 Å². The minimum Gasteiger partial charge on any atom is -0.454 e. The maximum Gasteiger partial charge on any atom is 0.231 e. The lowest BCUT2D eigenvalue weighted by molar-refractivity contribution is 0.174. The van der Waals surface area contributed by atoms with E-state index < -0.39 is 0 Å². The summed E-state index contributed by atoms with van der Waals surface area (Å²) in [6.07, 6.45) is -0.134. The summed E-state index contributed by atoms with van der Waals surface area (Å²) in [7, 11) is 3.86. The fourth-order valence-electron chi connectivity index (χ4n) is 2.01. The van der Waals surface area contributed by atoms with E-state index in [4.69, 9.17) is 9.47 Å². The topological polar surface area (TPSA) is 70.5 Å². The van der Waals surface area contributed by atoms with Gasteiger partial charge in [-0.15, -0.1) is 0 Å². The quantitative estimate of drug-likeness (QED) is 0.801. The fraction of sp³-hybridized carbons (Fsp3) is 0.385. The largest absolute Gasteiger partial charge is 0.454 e. The Morgan fingerprint density at radius 2 is 2.15 bits per heavy atom. The van der Waals surface area contributed by atoms with Crippen molar-refractivity contribution in [3.63, 3.8) is 0 Å². The molecular formula is C13H17N5O2. The first-order chi connectivity index (χ1) is 9.63. The van der Waals surface area contributed by atoms with Gasteiger partial charge >= 0.3 is 0 Å². The molecule has 0 aliphatic carbocycles. The Kier molecular flexibility index (Phi) is 3.09. The predicted molar refractivity (Wildman–Crippen MR) is 77.3 cm³/mol. The van der Waals surface area contributed by atoms with Crippen LogP contribution in [0.1, 0.15) is 6.92 Å². The summed E-state index contributed by atoms with van der Waals surface area (Å²) >= 11 is 0. The number of hydrogen-bond acceptors (Lipinski definition) is 7. The first-order valence-corrected chi connectivity index (χ1v) is 6.39. The van der Waals surface area contributed by atoms with E-state index in [2.05, 4.69) is 20.6 Å². The van der Waals surface area contributed by atoms with Gasteiger partial charge < -0.3 is 19.7 Å². The smallest absolute Gasteiger partial charge is 0.231 e. The zero-order valence-corrected chi connectivity index (χ0v) is 11.7. The molecule has 7 nitrogen and oxygen atoms in total. The molecule has 2 N–H and O–H groups in total. The SMILES string of the molecule is CC1N=C(Nc2cccc3c2OCO3)NC(N(C)C)=N1. The van der Waals surface area contributed by atoms with E-state index in [9.17, 15) is 0 Å². The molecule has 1 atom stereocenters. The van der Waals surface area contributed by atoms with Crippen molar-refractivity contribution < 1.29 is 9.47 Å². The second-order valence-corrected chi connectivity index (χ2v) is 4.75. The molecule has 0 radical (unpaired) electrons. The molecule has 0 spiro atoms. The van der Waals surface area contributed by atoms with E-state index in [0.717, 1.165) is 17.4 Å². The van der Waals surface area contributed by atoms with E-state index in [1.54, 1.807) is 0 Å². The number of para-hydroxylation sites is 1. The molecule has 2 aliphatic rings. The molecule has 0 aromatic heterocycles. The number of nitrogens with zero attached hydrogens (tertiary/aromatic N) is 3. The third-order valence-corrected chi connectivity index (χ3v) is 2.93. The van der Waals surface area contributed by atoms with Crippen LogP contribution >= 0.6 is 0 Å². The Balaban J connectivity index is 1.81. The van der Waals surface area contributed by atoms with Crippen molar-refractivity contribution in [3.05, 3.63) is 18.2 Å². The summed E-state index contributed by atoms with van der Waals surface area (Å²) in [6, 6.07) is 5.70. The van der Waals surface area contributed by atoms with Crippen LogP contribution in [0.3, 0.4) is 0 Å². The van der Waals surface area contributed by atoms with Crippen molar-refractivity contribution in [3.8, 4) is 11.5 Å². The number of guanidine groups is 2. The Bertz CT molecular complexity index is 582. The van der Waals surface area contributed by atoms with Crippen molar-refractivity contribution in [2.45, 2.75) is 13.1 Å². The Labute approximate surface area is 117 Å². The van der Waals surface area contributed by atoms with Gasteiger partial charge in [0.05, 0.1) is 5.69 Å². The van der Waals surface area contributed by atoms with Crippen LogP contribution in [-0.4, -0.2) is 43.9 Å². The molecule has 20 heavy (non-hydrogen) atoms. The molecule has 2 heterocycles. The van der Waals surface area contributed by atoms with Gasteiger partial charge in [0, 0.05) is 14.1 Å². The summed E-state index contributed by atoms with van der Waals surface area (Å²) < 4.78 is 10.8. The lowest BCUT2D eigenvalue weighted by atomic mass is 10.2. The summed E-state index contributed by atoms with van der Waals surface area (Å²) in [5.41, 5.74) is 0.818. The number of ether oxygens (including phenoxy) is 2. The normalized spacial score (nSPS) is 19.9. The van der Waals surface area contributed by atoms with Crippen molar-refractivity contribution >= 4 is 17.6 Å². The molecule has 0 saturated carbocycles. The van der Waals surface area contributed by atoms with E-state index >= 15 is 0 Å². The van der Waals surface area contributed by atoms with Crippen molar-refractivity contribution in [1.29, 1.82) is 0 Å². The minimum atomic E-state index is -0.134. The molecule has 1 aromatic rings. The second kappa shape index (κ2) is 4.92. The number of rotatable bonds is 1. The number of benzene rings is 1. The molecule has 0 fully saturated rings. The van der Waals surface area contributed by atoms with Crippen LogP contribution in [-0.2, 0) is 0 Å². The third-order valence-electron chi connectivity index (χ3n) is 2.93. The predicted octanol–water partition coefficient (Wildman–Crippen LogP) is 1.05. The maximum absolute atomic E-state index is 5.46. The van der Waals surface area contributed by atoms with Crippen LogP contribution in [0.25, 0.3) is 0 Å². The van der Waals surface area contributed by atoms with Crippen molar-refractivity contribution in [2.75, 3.05) is 26.2 Å². The first kappa shape index (κ1) is 12.6. The van der Waals surface area contributed by atoms with Crippen LogP contribution in [0, 0.1) is 0 Å². The van der Waals surface area contributed by atoms with Gasteiger partial charge in [0.25, 0.3) is 0 Å². The van der Waals surface area contributed by atoms with Gasteiger partial charge in [-0.1, -0.05) is 6.07 Å². The van der Waals surface area contributed by atoms with Crippen LogP contribution in [0.15, 0.2) is 28.2 Å². The van der Waals surface area contributed by atoms with Gasteiger partial charge in [-0.2, -0.15) is 0 Å². The Morgan fingerprint density at radius 1 is 1.30 bits per heavy atom. The molecule has 106 valence electrons. The van der Waals surface area contributed by atoms with Crippen LogP contribution in [0.5, 0.6) is 11.5 Å². The van der Waals surface area contributed by atoms with Gasteiger partial charge in [-0.05, 0) is 19.1 Å². The molecule has 1 aromatic carbocycles. The number of fused-ring (bicyclic) bond motifs is 1. The van der Waals surface area contributed by atoms with E-state index in [1.807, 2.05) is 44.1 Å². The fourth-order valence-corrected chi connectivity index (χ4v) is 2.01. The first-order valence-electron chi connectivity index (χ1n) is 6.39. The van der Waals surface area contributed by atoms with Crippen LogP contribution < -0.4 is 20.1 Å². The molecule has 1 unspecified atom stereocenters. The van der Waals surface area contributed by atoms with E-state index in [1.165, 1.54) is 0 Å². The highest BCUT2D eigenvalue weighted by Gasteiger charge is 2.20. The zero-order valence-electron chi connectivity index (χ0n) is 11.7. The molecule has 0 bridgehead atoms. The summed E-state index contributed by atoms with van der Waals surface area (Å²) in [6.45, 7) is 2.18. The van der Waals surface area contributed by atoms with Crippen LogP contribution in [0.4, 0.5) is 5.69 Å². The highest BCUT2D eigenvalue weighted by Crippen LogP contribution is 2.38. The molecule has 0 saturated heterocycles. The molecule has 3 rings (SSSR count). The standard InChI is InChI=1S/C13H17N5O2/c1-8-14-12(17-13(15-8)18(2)3)16-9-5-4-6-10-11(9)20-7-19-10/h4-6,8H,7H2,1-3H3,(H2,14,15,16,17). The van der Waals surface area contributed by atoms with Gasteiger partial charge in [0.15, 0.2) is 11.5 Å². The molecule has 7 heteroatoms. The average molecular weight is 275 g/mol. The lowest BCUT2D eigenvalue weighted by Gasteiger charge is -2.24. The lowest BCUT2D eigenvalue weighted by Crippen LogP contribution is -2.46. The molecular weight excluding hydrogens is 258 g/mol. The van der Waals surface area contributed by atoms with Crippen molar-refractivity contribution in [1.82, 2.24) is 10.2 Å². The highest BCUT2D eigenvalue weighted by molar-refractivity contribution is 6.07. The Morgan fingerprint density at radius 3 is 2.95 bits per heavy atom. The third kappa shape index (κ3) is 2.34. The molecule has 0 amide bonds. The van der Waals surface area contributed by atoms with Gasteiger partial charge in [-0.25, -0.2) is 9.98 Å². The zero-order chi connectivity index (χ0) is 14.1. The van der Waals surface area contributed by atoms with Crippen molar-refractivity contribution in [2.24, 2.45) is 9.98 Å². The van der Waals surface area contributed by atoms with Gasteiger partial charge in [-0.3, -0.25) is 5.32 Å². The summed E-state index contributed by atoms with van der Waals surface area (Å²) in [5, 5.41) is 6.36. The number of hydrogen-bond donors (Lipinski definition) is 2.